The van der Waals surface area contributed by atoms with Crippen LogP contribution in [0.3, 0.4) is 0 Å². The van der Waals surface area contributed by atoms with E-state index in [0.29, 0.717) is 17.5 Å². The Kier molecular flexibility index (Phi) is 16.3. The lowest BCUT2D eigenvalue weighted by Crippen LogP contribution is -2.22. The maximum absolute atomic E-state index is 12.0. The van der Waals surface area contributed by atoms with Crippen LogP contribution in [0.5, 0.6) is 0 Å². The number of aromatic nitrogens is 1. The number of rotatable bonds is 6. The van der Waals surface area contributed by atoms with Gasteiger partial charge in [0.1, 0.15) is 6.79 Å². The lowest BCUT2D eigenvalue weighted by atomic mass is 10.2. The Labute approximate surface area is 208 Å². The van der Waals surface area contributed by atoms with Crippen molar-refractivity contribution in [1.82, 2.24) is 4.98 Å². The Bertz CT molecular complexity index is 882. The van der Waals surface area contributed by atoms with E-state index in [-0.39, 0.29) is 12.2 Å². The van der Waals surface area contributed by atoms with Gasteiger partial charge in [0.25, 0.3) is 5.91 Å². The summed E-state index contributed by atoms with van der Waals surface area (Å²) in [6.07, 6.45) is 3.35. The highest BCUT2D eigenvalue weighted by atomic mass is 32.1. The Morgan fingerprint density at radius 2 is 1.68 bits per heavy atom. The topological polar surface area (TPSA) is 69.7 Å². The summed E-state index contributed by atoms with van der Waals surface area (Å²) in [5, 5.41) is 5.37. The number of benzene rings is 2. The quantitative estimate of drug-likeness (QED) is 0.372. The second kappa shape index (κ2) is 18.8. The first-order chi connectivity index (χ1) is 16.8. The van der Waals surface area contributed by atoms with Crippen LogP contribution in [0, 0.1) is 0 Å². The molecule has 1 amide bonds. The summed E-state index contributed by atoms with van der Waals surface area (Å²) >= 11 is 1.42. The molecule has 0 bridgehead atoms. The highest BCUT2D eigenvalue weighted by Gasteiger charge is 2.13. The van der Waals surface area contributed by atoms with Crippen molar-refractivity contribution in [2.24, 2.45) is 0 Å². The van der Waals surface area contributed by atoms with Crippen molar-refractivity contribution in [3.05, 3.63) is 71.6 Å². The molecule has 6 nitrogen and oxygen atoms in total. The monoisotopic (exact) mass is 486 g/mol. The van der Waals surface area contributed by atoms with E-state index in [0.717, 1.165) is 30.7 Å². The van der Waals surface area contributed by atoms with Crippen molar-refractivity contribution >= 4 is 22.4 Å². The number of hydrogen-bond donors (Lipinski definition) is 1. The second-order valence-electron chi connectivity index (χ2n) is 6.59. The number of carbonyl (C=O) groups excluding carboxylic acids is 1. The molecule has 0 spiro atoms. The van der Waals surface area contributed by atoms with Gasteiger partial charge in [-0.25, -0.2) is 4.98 Å². The van der Waals surface area contributed by atoms with Gasteiger partial charge >= 0.3 is 0 Å². The summed E-state index contributed by atoms with van der Waals surface area (Å²) in [5.41, 5.74) is 2.55. The molecule has 1 saturated heterocycles. The first kappa shape index (κ1) is 29.5. The molecule has 1 aliphatic heterocycles. The molecule has 1 aromatic heterocycles. The number of anilines is 1. The first-order valence-electron chi connectivity index (χ1n) is 11.9. The molecule has 7 heteroatoms. The third-order valence-corrected chi connectivity index (χ3v) is 5.10. The molecule has 186 valence electrons. The fourth-order valence-electron chi connectivity index (χ4n) is 2.82. The Hall–Kier alpha value is -2.58. The van der Waals surface area contributed by atoms with Crippen LogP contribution >= 0.6 is 11.3 Å². The van der Waals surface area contributed by atoms with E-state index >= 15 is 0 Å². The van der Waals surface area contributed by atoms with Crippen molar-refractivity contribution < 1.29 is 19.0 Å². The van der Waals surface area contributed by atoms with E-state index in [4.69, 9.17) is 14.2 Å². The van der Waals surface area contributed by atoms with Crippen LogP contribution in [0.1, 0.15) is 57.3 Å². The van der Waals surface area contributed by atoms with E-state index in [1.54, 1.807) is 19.2 Å². The van der Waals surface area contributed by atoms with Gasteiger partial charge in [-0.15, -0.1) is 11.3 Å². The fraction of sp³-hybridized carbons (Fsp3) is 0.407. The summed E-state index contributed by atoms with van der Waals surface area (Å²) < 4.78 is 15.2. The molecule has 2 heterocycles. The van der Waals surface area contributed by atoms with Crippen molar-refractivity contribution in [1.29, 1.82) is 0 Å². The maximum atomic E-state index is 12.0. The van der Waals surface area contributed by atoms with Crippen LogP contribution in [0.4, 0.5) is 5.13 Å². The Morgan fingerprint density at radius 1 is 1.03 bits per heavy atom. The van der Waals surface area contributed by atoms with Crippen LogP contribution in [0.2, 0.25) is 0 Å². The highest BCUT2D eigenvalue weighted by Crippen LogP contribution is 2.24. The van der Waals surface area contributed by atoms with Gasteiger partial charge in [0.05, 0.1) is 5.69 Å². The predicted molar refractivity (Wildman–Crippen MR) is 141 cm³/mol. The highest BCUT2D eigenvalue weighted by molar-refractivity contribution is 7.14. The largest absolute Gasteiger partial charge is 0.359 e. The summed E-state index contributed by atoms with van der Waals surface area (Å²) in [4.78, 5) is 16.4. The van der Waals surface area contributed by atoms with Crippen LogP contribution in [0.15, 0.2) is 66.0 Å². The van der Waals surface area contributed by atoms with Gasteiger partial charge < -0.3 is 14.2 Å². The standard InChI is InChI=1S/C16H12N2OS.C7H14O3.2C2H6/c19-15(13-9-5-2-6-10-13)18-16-17-14(11-20-16)12-7-3-1-4-8-12;1-8-6-10-7-4-2-3-5-9-7;2*1-2/h1-11H,(H,17,18,19);7H,2-6H2,1H3;2*1-2H3. The molecular weight excluding hydrogens is 448 g/mol. The number of ether oxygens (including phenoxy) is 3. The van der Waals surface area contributed by atoms with Gasteiger partial charge in [-0.2, -0.15) is 0 Å². The number of amides is 1. The molecule has 3 aromatic rings. The Balaban J connectivity index is 0.000000349. The molecule has 1 aliphatic rings. The van der Waals surface area contributed by atoms with Crippen molar-refractivity contribution in [3.8, 4) is 11.3 Å². The average molecular weight is 487 g/mol. The number of hydrogen-bond acceptors (Lipinski definition) is 6. The lowest BCUT2D eigenvalue weighted by molar-refractivity contribution is -0.203. The molecule has 4 rings (SSSR count). The van der Waals surface area contributed by atoms with Crippen molar-refractivity contribution in [2.75, 3.05) is 25.8 Å². The smallest absolute Gasteiger partial charge is 0.257 e. The van der Waals surface area contributed by atoms with Crippen LogP contribution in [0.25, 0.3) is 11.3 Å². The second-order valence-corrected chi connectivity index (χ2v) is 7.45. The molecule has 0 radical (unpaired) electrons. The minimum atomic E-state index is -0.139. The summed E-state index contributed by atoms with van der Waals surface area (Å²) in [7, 11) is 1.61. The predicted octanol–water partition coefficient (Wildman–Crippen LogP) is 7.25. The molecule has 0 aliphatic carbocycles. The van der Waals surface area contributed by atoms with Gasteiger partial charge in [-0.3, -0.25) is 10.1 Å². The SMILES string of the molecule is CC.CC.COCOC1CCCCO1.O=C(Nc1nc(-c2ccccc2)cs1)c1ccccc1. The number of nitrogens with zero attached hydrogens (tertiary/aromatic N) is 1. The zero-order valence-corrected chi connectivity index (χ0v) is 21.8. The average Bonchev–Trinajstić information content (AvgIpc) is 3.40. The summed E-state index contributed by atoms with van der Waals surface area (Å²) in [6, 6.07) is 19.0. The first-order valence-corrected chi connectivity index (χ1v) is 12.7. The van der Waals surface area contributed by atoms with Crippen molar-refractivity contribution in [2.45, 2.75) is 53.2 Å². The van der Waals surface area contributed by atoms with Gasteiger partial charge in [0.2, 0.25) is 0 Å². The molecule has 34 heavy (non-hydrogen) atoms. The van der Waals surface area contributed by atoms with Crippen LogP contribution in [-0.2, 0) is 14.2 Å². The molecule has 2 aromatic carbocycles. The minimum absolute atomic E-state index is 0.0197. The van der Waals surface area contributed by atoms with E-state index in [1.165, 1.54) is 17.8 Å². The summed E-state index contributed by atoms with van der Waals surface area (Å²) in [5.74, 6) is -0.139. The normalized spacial score (nSPS) is 14.2. The molecular formula is C27H38N2O4S. The summed E-state index contributed by atoms with van der Waals surface area (Å²) in [6.45, 7) is 9.17. The van der Waals surface area contributed by atoms with Crippen LogP contribution < -0.4 is 5.32 Å². The maximum Gasteiger partial charge on any atom is 0.257 e. The fourth-order valence-corrected chi connectivity index (χ4v) is 3.53. The van der Waals surface area contributed by atoms with E-state index in [1.807, 2.05) is 81.6 Å². The molecule has 1 fully saturated rings. The van der Waals surface area contributed by atoms with Crippen LogP contribution in [-0.4, -0.2) is 37.7 Å². The lowest BCUT2D eigenvalue weighted by Gasteiger charge is -2.21. The van der Waals surface area contributed by atoms with E-state index in [9.17, 15) is 4.79 Å². The number of thiazole rings is 1. The minimum Gasteiger partial charge on any atom is -0.359 e. The van der Waals surface area contributed by atoms with Gasteiger partial charge in [-0.1, -0.05) is 76.2 Å². The van der Waals surface area contributed by atoms with Gasteiger partial charge in [0, 0.05) is 30.2 Å². The number of carbonyl (C=O) groups is 1. The van der Waals surface area contributed by atoms with Crippen molar-refractivity contribution in [3.63, 3.8) is 0 Å². The van der Waals surface area contributed by atoms with Gasteiger partial charge in [0.15, 0.2) is 11.4 Å². The zero-order valence-electron chi connectivity index (χ0n) is 21.0. The van der Waals surface area contributed by atoms with E-state index in [2.05, 4.69) is 10.3 Å². The zero-order chi connectivity index (χ0) is 25.0. The third kappa shape index (κ3) is 11.0. The molecule has 1 unspecified atom stereocenters. The van der Waals surface area contributed by atoms with Gasteiger partial charge in [-0.05, 0) is 31.4 Å². The molecule has 1 atom stereocenters. The number of nitrogens with one attached hydrogen (secondary N) is 1. The molecule has 0 saturated carbocycles. The Morgan fingerprint density at radius 3 is 2.26 bits per heavy atom. The van der Waals surface area contributed by atoms with E-state index < -0.39 is 0 Å². The number of methoxy groups -OCH3 is 1. The third-order valence-electron chi connectivity index (χ3n) is 4.34. The molecule has 1 N–H and O–H groups in total.